The SMILES string of the molecule is C[C@@H]1C=CC(=C(Cl)Cl)[C@@H](C)[C@H]1[N+](=O)[O-]. The normalized spacial score (nSPS) is 31.7. The number of nitrogens with zero attached hydrogens (tertiary/aromatic N) is 1. The molecule has 78 valence electrons. The average Bonchev–Trinajstić information content (AvgIpc) is 2.02. The molecule has 5 heteroatoms. The maximum Gasteiger partial charge on any atom is 0.225 e. The summed E-state index contributed by atoms with van der Waals surface area (Å²) in [5.74, 6) is -0.327. The highest BCUT2D eigenvalue weighted by molar-refractivity contribution is 6.56. The lowest BCUT2D eigenvalue weighted by molar-refractivity contribution is -0.536. The third kappa shape index (κ3) is 2.10. The molecule has 0 heterocycles. The van der Waals surface area contributed by atoms with Gasteiger partial charge in [-0.3, -0.25) is 10.1 Å². The molecule has 14 heavy (non-hydrogen) atoms. The molecule has 0 N–H and O–H groups in total. The highest BCUT2D eigenvalue weighted by Crippen LogP contribution is 2.33. The van der Waals surface area contributed by atoms with Crippen LogP contribution in [-0.4, -0.2) is 11.0 Å². The number of hydrogen-bond acceptors (Lipinski definition) is 2. The molecule has 1 rings (SSSR count). The van der Waals surface area contributed by atoms with Crippen LogP contribution < -0.4 is 0 Å². The summed E-state index contributed by atoms with van der Waals surface area (Å²) in [4.78, 5) is 10.5. The van der Waals surface area contributed by atoms with Crippen LogP contribution in [-0.2, 0) is 0 Å². The number of nitro groups is 1. The van der Waals surface area contributed by atoms with E-state index < -0.39 is 6.04 Å². The summed E-state index contributed by atoms with van der Waals surface area (Å²) in [6.07, 6.45) is 3.54. The Labute approximate surface area is 92.5 Å². The maximum atomic E-state index is 10.8. The minimum Gasteiger partial charge on any atom is -0.264 e. The molecular weight excluding hydrogens is 225 g/mol. The first-order valence-corrected chi connectivity index (χ1v) is 5.07. The highest BCUT2D eigenvalue weighted by Gasteiger charge is 2.37. The van der Waals surface area contributed by atoms with E-state index in [1.165, 1.54) is 0 Å². The molecular formula is C9H11Cl2NO2. The predicted octanol–water partition coefficient (Wildman–Crippen LogP) is 3.16. The second kappa shape index (κ2) is 4.32. The zero-order chi connectivity index (χ0) is 10.9. The predicted molar refractivity (Wildman–Crippen MR) is 57.0 cm³/mol. The first-order valence-electron chi connectivity index (χ1n) is 4.32. The van der Waals surface area contributed by atoms with E-state index in [1.807, 2.05) is 6.92 Å². The smallest absolute Gasteiger partial charge is 0.225 e. The van der Waals surface area contributed by atoms with Crippen molar-refractivity contribution in [1.29, 1.82) is 0 Å². The molecule has 1 aliphatic carbocycles. The van der Waals surface area contributed by atoms with Gasteiger partial charge >= 0.3 is 0 Å². The van der Waals surface area contributed by atoms with Gasteiger partial charge in [-0.15, -0.1) is 0 Å². The molecule has 0 bridgehead atoms. The topological polar surface area (TPSA) is 43.1 Å². The number of allylic oxidation sites excluding steroid dienone is 1. The molecule has 0 saturated carbocycles. The summed E-state index contributed by atoms with van der Waals surface area (Å²) in [6, 6.07) is -0.637. The van der Waals surface area contributed by atoms with Gasteiger partial charge in [-0.2, -0.15) is 0 Å². The number of halogens is 2. The van der Waals surface area contributed by atoms with Crippen molar-refractivity contribution in [3.63, 3.8) is 0 Å². The molecule has 0 aromatic heterocycles. The lowest BCUT2D eigenvalue weighted by atomic mass is 9.81. The zero-order valence-electron chi connectivity index (χ0n) is 7.91. The highest BCUT2D eigenvalue weighted by atomic mass is 35.5. The molecule has 0 aromatic carbocycles. The molecule has 0 spiro atoms. The molecule has 3 nitrogen and oxygen atoms in total. The van der Waals surface area contributed by atoms with E-state index in [-0.39, 0.29) is 21.3 Å². The van der Waals surface area contributed by atoms with Gasteiger partial charge < -0.3 is 0 Å². The van der Waals surface area contributed by atoms with Crippen molar-refractivity contribution in [2.45, 2.75) is 19.9 Å². The molecule has 0 unspecified atom stereocenters. The van der Waals surface area contributed by atoms with Crippen LogP contribution in [0.1, 0.15) is 13.8 Å². The van der Waals surface area contributed by atoms with Crippen molar-refractivity contribution in [2.24, 2.45) is 11.8 Å². The van der Waals surface area contributed by atoms with Gasteiger partial charge in [0.2, 0.25) is 6.04 Å². The summed E-state index contributed by atoms with van der Waals surface area (Å²) < 4.78 is 0.118. The minimum absolute atomic E-state index is 0.0866. The first kappa shape index (κ1) is 11.5. The van der Waals surface area contributed by atoms with E-state index in [1.54, 1.807) is 19.1 Å². The zero-order valence-corrected chi connectivity index (χ0v) is 9.42. The van der Waals surface area contributed by atoms with Crippen molar-refractivity contribution >= 4 is 23.2 Å². The van der Waals surface area contributed by atoms with Crippen molar-refractivity contribution in [3.8, 4) is 0 Å². The fraction of sp³-hybridized carbons (Fsp3) is 0.556. The van der Waals surface area contributed by atoms with Crippen molar-refractivity contribution in [2.75, 3.05) is 0 Å². The molecule has 0 amide bonds. The largest absolute Gasteiger partial charge is 0.264 e. The Morgan fingerprint density at radius 1 is 1.50 bits per heavy atom. The third-order valence-electron chi connectivity index (χ3n) is 2.58. The lowest BCUT2D eigenvalue weighted by Gasteiger charge is -2.25. The molecule has 0 radical (unpaired) electrons. The van der Waals surface area contributed by atoms with Crippen LogP contribution in [0.3, 0.4) is 0 Å². The fourth-order valence-corrected chi connectivity index (χ4v) is 2.24. The second-order valence-corrected chi connectivity index (χ2v) is 4.45. The summed E-state index contributed by atoms with van der Waals surface area (Å²) in [7, 11) is 0. The van der Waals surface area contributed by atoms with Crippen molar-refractivity contribution in [1.82, 2.24) is 0 Å². The van der Waals surface area contributed by atoms with Gasteiger partial charge in [0.25, 0.3) is 0 Å². The minimum atomic E-state index is -0.637. The van der Waals surface area contributed by atoms with Crippen LogP contribution in [0.5, 0.6) is 0 Å². The van der Waals surface area contributed by atoms with E-state index in [2.05, 4.69) is 0 Å². The monoisotopic (exact) mass is 235 g/mol. The Bertz CT molecular complexity index is 308. The summed E-state index contributed by atoms with van der Waals surface area (Å²) in [6.45, 7) is 3.59. The standard InChI is InChI=1S/C9H11Cl2NO2/c1-5-3-4-7(9(10)11)6(2)8(5)12(13)14/h3-6,8H,1-2H3/t5-,6-,8+/m1/s1. The van der Waals surface area contributed by atoms with Gasteiger partial charge in [-0.25, -0.2) is 0 Å². The summed E-state index contributed by atoms with van der Waals surface area (Å²) in [5, 5.41) is 10.8. The van der Waals surface area contributed by atoms with E-state index in [4.69, 9.17) is 23.2 Å². The maximum absolute atomic E-state index is 10.8. The van der Waals surface area contributed by atoms with Crippen LogP contribution in [0.4, 0.5) is 0 Å². The molecule has 1 aliphatic rings. The Hall–Kier alpha value is -0.540. The van der Waals surface area contributed by atoms with Crippen LogP contribution in [0.15, 0.2) is 22.2 Å². The Balaban J connectivity index is 3.08. The Morgan fingerprint density at radius 3 is 2.50 bits per heavy atom. The lowest BCUT2D eigenvalue weighted by Crippen LogP contribution is -2.36. The van der Waals surface area contributed by atoms with E-state index in [0.717, 1.165) is 0 Å². The van der Waals surface area contributed by atoms with Gasteiger partial charge in [0.1, 0.15) is 4.49 Å². The molecule has 0 saturated heterocycles. The number of rotatable bonds is 1. The van der Waals surface area contributed by atoms with Crippen LogP contribution in [0, 0.1) is 22.0 Å². The average molecular weight is 236 g/mol. The fourth-order valence-electron chi connectivity index (χ4n) is 1.77. The van der Waals surface area contributed by atoms with Gasteiger partial charge in [0, 0.05) is 10.8 Å². The van der Waals surface area contributed by atoms with Crippen molar-refractivity contribution in [3.05, 3.63) is 32.3 Å². The molecule has 3 atom stereocenters. The van der Waals surface area contributed by atoms with E-state index in [9.17, 15) is 10.1 Å². The van der Waals surface area contributed by atoms with Gasteiger partial charge in [-0.1, -0.05) is 49.2 Å². The Morgan fingerprint density at radius 2 is 2.07 bits per heavy atom. The third-order valence-corrected chi connectivity index (χ3v) is 3.02. The second-order valence-electron chi connectivity index (χ2n) is 3.50. The van der Waals surface area contributed by atoms with E-state index in [0.29, 0.717) is 5.57 Å². The van der Waals surface area contributed by atoms with Crippen LogP contribution in [0.2, 0.25) is 0 Å². The molecule has 0 aromatic rings. The van der Waals surface area contributed by atoms with Gasteiger partial charge in [0.05, 0.1) is 5.92 Å². The molecule has 0 fully saturated rings. The summed E-state index contributed by atoms with van der Waals surface area (Å²) in [5.41, 5.74) is 0.646. The Kier molecular flexibility index (Phi) is 3.56. The number of hydrogen-bond donors (Lipinski definition) is 0. The van der Waals surface area contributed by atoms with Gasteiger partial charge in [-0.05, 0) is 5.57 Å². The van der Waals surface area contributed by atoms with E-state index >= 15 is 0 Å². The van der Waals surface area contributed by atoms with Gasteiger partial charge in [0.15, 0.2) is 0 Å². The van der Waals surface area contributed by atoms with Crippen LogP contribution >= 0.6 is 23.2 Å². The van der Waals surface area contributed by atoms with Crippen molar-refractivity contribution < 1.29 is 4.92 Å². The quantitative estimate of drug-likeness (QED) is 0.518. The first-order chi connectivity index (χ1) is 6.45. The summed E-state index contributed by atoms with van der Waals surface area (Å²) >= 11 is 11.3. The van der Waals surface area contributed by atoms with Crippen LogP contribution in [0.25, 0.3) is 0 Å². The molecule has 0 aliphatic heterocycles.